The molecule has 25 heavy (non-hydrogen) atoms. The molecule has 0 aliphatic carbocycles. The van der Waals surface area contributed by atoms with Crippen molar-refractivity contribution in [2.75, 3.05) is 13.7 Å². The molecule has 130 valence electrons. The van der Waals surface area contributed by atoms with E-state index in [4.69, 9.17) is 4.74 Å². The fourth-order valence-corrected chi connectivity index (χ4v) is 2.48. The first-order valence-electron chi connectivity index (χ1n) is 7.50. The van der Waals surface area contributed by atoms with E-state index >= 15 is 0 Å². The maximum atomic E-state index is 12.0. The lowest BCUT2D eigenvalue weighted by Gasteiger charge is -2.07. The van der Waals surface area contributed by atoms with Crippen LogP contribution in [0, 0.1) is 6.92 Å². The topological polar surface area (TPSA) is 79.8 Å². The second-order valence-electron chi connectivity index (χ2n) is 5.18. The average Bonchev–Trinajstić information content (AvgIpc) is 2.60. The monoisotopic (exact) mass is 403 g/mol. The van der Waals surface area contributed by atoms with Crippen molar-refractivity contribution in [1.29, 1.82) is 0 Å². The van der Waals surface area contributed by atoms with E-state index in [0.29, 0.717) is 16.9 Å². The van der Waals surface area contributed by atoms with Crippen LogP contribution < -0.4 is 15.5 Å². The highest BCUT2D eigenvalue weighted by atomic mass is 79.9. The summed E-state index contributed by atoms with van der Waals surface area (Å²) in [5, 5.41) is 6.45. The summed E-state index contributed by atoms with van der Waals surface area (Å²) in [4.78, 5) is 23.8. The molecule has 0 bridgehead atoms. The van der Waals surface area contributed by atoms with Gasteiger partial charge in [0.2, 0.25) is 0 Å². The summed E-state index contributed by atoms with van der Waals surface area (Å²) in [6.45, 7) is 1.67. The molecule has 0 saturated carbocycles. The molecule has 0 unspecified atom stereocenters. The fraction of sp³-hybridized carbons (Fsp3) is 0.167. The van der Waals surface area contributed by atoms with Gasteiger partial charge in [-0.2, -0.15) is 5.10 Å². The van der Waals surface area contributed by atoms with E-state index in [9.17, 15) is 9.59 Å². The Balaban J connectivity index is 1.88. The lowest BCUT2D eigenvalue weighted by molar-refractivity contribution is -0.120. The Kier molecular flexibility index (Phi) is 6.71. The van der Waals surface area contributed by atoms with Crippen molar-refractivity contribution in [2.24, 2.45) is 5.10 Å². The van der Waals surface area contributed by atoms with Gasteiger partial charge < -0.3 is 10.1 Å². The maximum absolute atomic E-state index is 12.0. The summed E-state index contributed by atoms with van der Waals surface area (Å²) in [5.74, 6) is -0.0907. The molecule has 2 aromatic carbocycles. The number of carbonyl (C=O) groups excluding carboxylic acids is 2. The number of amides is 2. The summed E-state index contributed by atoms with van der Waals surface area (Å²) in [5.41, 5.74) is 4.46. The first-order valence-corrected chi connectivity index (χ1v) is 8.30. The molecule has 0 aliphatic heterocycles. The molecule has 0 aliphatic rings. The zero-order chi connectivity index (χ0) is 18.2. The molecule has 2 N–H and O–H groups in total. The second kappa shape index (κ2) is 8.98. The zero-order valence-corrected chi connectivity index (χ0v) is 15.5. The Morgan fingerprint density at radius 1 is 1.24 bits per heavy atom. The van der Waals surface area contributed by atoms with Gasteiger partial charge in [0, 0.05) is 15.6 Å². The van der Waals surface area contributed by atoms with Gasteiger partial charge in [-0.1, -0.05) is 34.1 Å². The molecule has 0 radical (unpaired) electrons. The fourth-order valence-electron chi connectivity index (χ4n) is 2.10. The van der Waals surface area contributed by atoms with Crippen LogP contribution in [0.3, 0.4) is 0 Å². The Hall–Kier alpha value is -2.67. The highest BCUT2D eigenvalue weighted by Crippen LogP contribution is 2.21. The van der Waals surface area contributed by atoms with Gasteiger partial charge in [0.25, 0.3) is 11.8 Å². The van der Waals surface area contributed by atoms with Gasteiger partial charge in [-0.05, 0) is 36.8 Å². The van der Waals surface area contributed by atoms with Gasteiger partial charge in [0.05, 0.1) is 19.9 Å². The number of ether oxygens (including phenoxy) is 1. The minimum Gasteiger partial charge on any atom is -0.496 e. The maximum Gasteiger partial charge on any atom is 0.259 e. The van der Waals surface area contributed by atoms with E-state index in [1.165, 1.54) is 6.21 Å². The van der Waals surface area contributed by atoms with Gasteiger partial charge in [0.1, 0.15) is 5.75 Å². The van der Waals surface area contributed by atoms with E-state index in [1.807, 2.05) is 31.2 Å². The number of hydrogen-bond acceptors (Lipinski definition) is 4. The van der Waals surface area contributed by atoms with Crippen LogP contribution in [-0.4, -0.2) is 31.7 Å². The average molecular weight is 404 g/mol. The quantitative estimate of drug-likeness (QED) is 0.574. The minimum atomic E-state index is -0.424. The van der Waals surface area contributed by atoms with Crippen molar-refractivity contribution in [1.82, 2.24) is 10.7 Å². The van der Waals surface area contributed by atoms with Crippen LogP contribution in [0.1, 0.15) is 21.5 Å². The molecular formula is C18H18BrN3O3. The lowest BCUT2D eigenvalue weighted by atomic mass is 10.1. The standard InChI is InChI=1S/C18H18BrN3O3/c1-12-5-3-4-6-15(12)18(24)20-11-17(23)22-21-10-13-9-14(19)7-8-16(13)25-2/h3-10H,11H2,1-2H3,(H,20,24)(H,22,23)/b21-10+. The summed E-state index contributed by atoms with van der Waals surface area (Å²) in [6, 6.07) is 12.6. The van der Waals surface area contributed by atoms with Crippen LogP contribution in [0.4, 0.5) is 0 Å². The van der Waals surface area contributed by atoms with Crippen LogP contribution in [0.5, 0.6) is 5.75 Å². The molecule has 6 nitrogen and oxygen atoms in total. The largest absolute Gasteiger partial charge is 0.496 e. The van der Waals surface area contributed by atoms with E-state index in [1.54, 1.807) is 25.3 Å². The third kappa shape index (κ3) is 5.42. The number of benzene rings is 2. The number of carbonyl (C=O) groups is 2. The molecule has 0 heterocycles. The van der Waals surface area contributed by atoms with Crippen molar-refractivity contribution < 1.29 is 14.3 Å². The van der Waals surface area contributed by atoms with E-state index in [2.05, 4.69) is 31.8 Å². The summed E-state index contributed by atoms with van der Waals surface area (Å²) in [7, 11) is 1.56. The first kappa shape index (κ1) is 18.7. The Morgan fingerprint density at radius 2 is 2.00 bits per heavy atom. The van der Waals surface area contributed by atoms with Gasteiger partial charge in [0.15, 0.2) is 0 Å². The molecule has 2 rings (SSSR count). The van der Waals surface area contributed by atoms with Crippen LogP contribution in [-0.2, 0) is 4.79 Å². The van der Waals surface area contributed by atoms with Gasteiger partial charge in [-0.25, -0.2) is 5.43 Å². The summed E-state index contributed by atoms with van der Waals surface area (Å²) in [6.07, 6.45) is 1.48. The molecule has 7 heteroatoms. The van der Waals surface area contributed by atoms with E-state index < -0.39 is 5.91 Å². The van der Waals surface area contributed by atoms with Crippen molar-refractivity contribution in [3.05, 3.63) is 63.6 Å². The van der Waals surface area contributed by atoms with E-state index in [0.717, 1.165) is 10.0 Å². The number of hydrazone groups is 1. The lowest BCUT2D eigenvalue weighted by Crippen LogP contribution is -2.35. The van der Waals surface area contributed by atoms with Crippen molar-refractivity contribution in [2.45, 2.75) is 6.92 Å². The second-order valence-corrected chi connectivity index (χ2v) is 6.09. The van der Waals surface area contributed by atoms with Gasteiger partial charge in [-0.3, -0.25) is 9.59 Å². The molecule has 0 saturated heterocycles. The number of rotatable bonds is 6. The van der Waals surface area contributed by atoms with Crippen molar-refractivity contribution >= 4 is 34.0 Å². The normalized spacial score (nSPS) is 10.5. The minimum absolute atomic E-state index is 0.167. The Labute approximate surface area is 154 Å². The molecule has 0 aromatic heterocycles. The van der Waals surface area contributed by atoms with Crippen LogP contribution in [0.25, 0.3) is 0 Å². The van der Waals surface area contributed by atoms with Crippen LogP contribution >= 0.6 is 15.9 Å². The molecule has 2 amide bonds. The molecule has 0 fully saturated rings. The highest BCUT2D eigenvalue weighted by molar-refractivity contribution is 9.10. The number of nitrogens with one attached hydrogen (secondary N) is 2. The Bertz CT molecular complexity index is 806. The summed E-state index contributed by atoms with van der Waals surface area (Å²) >= 11 is 3.36. The van der Waals surface area contributed by atoms with E-state index in [-0.39, 0.29) is 12.5 Å². The number of nitrogens with zero attached hydrogens (tertiary/aromatic N) is 1. The highest BCUT2D eigenvalue weighted by Gasteiger charge is 2.09. The first-order chi connectivity index (χ1) is 12.0. The predicted molar refractivity (Wildman–Crippen MR) is 99.9 cm³/mol. The zero-order valence-electron chi connectivity index (χ0n) is 13.9. The SMILES string of the molecule is COc1ccc(Br)cc1/C=N/NC(=O)CNC(=O)c1ccccc1C. The smallest absolute Gasteiger partial charge is 0.259 e. The predicted octanol–water partition coefficient (Wildman–Crippen LogP) is 2.65. The van der Waals surface area contributed by atoms with Crippen LogP contribution in [0.15, 0.2) is 52.0 Å². The summed E-state index contributed by atoms with van der Waals surface area (Å²) < 4.78 is 6.08. The van der Waals surface area contributed by atoms with Crippen molar-refractivity contribution in [3.8, 4) is 5.75 Å². The van der Waals surface area contributed by atoms with Crippen molar-refractivity contribution in [3.63, 3.8) is 0 Å². The number of methoxy groups -OCH3 is 1. The number of aryl methyl sites for hydroxylation is 1. The number of halogens is 1. The molecule has 0 atom stereocenters. The van der Waals surface area contributed by atoms with Crippen LogP contribution in [0.2, 0.25) is 0 Å². The molecule has 0 spiro atoms. The Morgan fingerprint density at radius 3 is 2.72 bits per heavy atom. The third-order valence-electron chi connectivity index (χ3n) is 3.38. The van der Waals surface area contributed by atoms with Gasteiger partial charge >= 0.3 is 0 Å². The molecule has 2 aromatic rings. The van der Waals surface area contributed by atoms with Gasteiger partial charge in [-0.15, -0.1) is 0 Å². The number of hydrogen-bond donors (Lipinski definition) is 2. The molecular weight excluding hydrogens is 386 g/mol. The third-order valence-corrected chi connectivity index (χ3v) is 3.88.